The van der Waals surface area contributed by atoms with Crippen molar-refractivity contribution in [1.29, 1.82) is 0 Å². The van der Waals surface area contributed by atoms with Crippen LogP contribution in [0.25, 0.3) is 10.9 Å². The minimum atomic E-state index is -0.557. The second kappa shape index (κ2) is 8.63. The van der Waals surface area contributed by atoms with Gasteiger partial charge in [-0.25, -0.2) is 9.37 Å². The molecule has 1 unspecified atom stereocenters. The average molecular weight is 485 g/mol. The number of aromatic nitrogens is 2. The first-order valence-corrected chi connectivity index (χ1v) is 10.5. The summed E-state index contributed by atoms with van der Waals surface area (Å²) in [5.41, 5.74) is 0.727. The third-order valence-electron chi connectivity index (χ3n) is 4.04. The van der Waals surface area contributed by atoms with Crippen molar-refractivity contribution in [3.05, 3.63) is 62.1 Å². The van der Waals surface area contributed by atoms with Crippen LogP contribution in [0.15, 0.2) is 50.8 Å². The van der Waals surface area contributed by atoms with Crippen LogP contribution < -0.4 is 10.9 Å². The van der Waals surface area contributed by atoms with Crippen molar-refractivity contribution in [1.82, 2.24) is 9.55 Å². The molecule has 1 atom stereocenters. The number of anilines is 1. The molecule has 0 bridgehead atoms. The first-order valence-electron chi connectivity index (χ1n) is 8.42. The van der Waals surface area contributed by atoms with Crippen molar-refractivity contribution < 1.29 is 9.18 Å². The van der Waals surface area contributed by atoms with Crippen LogP contribution in [0.1, 0.15) is 13.8 Å². The number of hydrogen-bond acceptors (Lipinski definition) is 4. The van der Waals surface area contributed by atoms with Crippen molar-refractivity contribution in [3.63, 3.8) is 0 Å². The Morgan fingerprint density at radius 1 is 1.36 bits per heavy atom. The Kier molecular flexibility index (Phi) is 6.42. The molecule has 0 saturated heterocycles. The monoisotopic (exact) mass is 483 g/mol. The molecular formula is C19H16BrClFN3O2S. The lowest BCUT2D eigenvalue weighted by Crippen LogP contribution is -2.26. The van der Waals surface area contributed by atoms with Gasteiger partial charge in [-0.15, -0.1) is 0 Å². The van der Waals surface area contributed by atoms with Gasteiger partial charge in [-0.1, -0.05) is 39.3 Å². The van der Waals surface area contributed by atoms with Crippen LogP contribution >= 0.6 is 39.3 Å². The third-order valence-corrected chi connectivity index (χ3v) is 5.93. The zero-order valence-corrected chi connectivity index (χ0v) is 18.2. The summed E-state index contributed by atoms with van der Waals surface area (Å²) in [5, 5.41) is 3.20. The minimum absolute atomic E-state index is 0.116. The Morgan fingerprint density at radius 3 is 2.79 bits per heavy atom. The SMILES string of the molecule is CCn1c(SC(C)C(=O)Nc2ccc(F)cc2Cl)nc2ccc(Br)cc2c1=O. The maximum absolute atomic E-state index is 13.2. The molecule has 3 aromatic rings. The second-order valence-electron chi connectivity index (χ2n) is 5.98. The van der Waals surface area contributed by atoms with Gasteiger partial charge in [0.25, 0.3) is 5.56 Å². The fraction of sp³-hybridized carbons (Fsp3) is 0.211. The van der Waals surface area contributed by atoms with E-state index in [1.165, 1.54) is 28.5 Å². The van der Waals surface area contributed by atoms with Crippen LogP contribution in [-0.2, 0) is 11.3 Å². The number of fused-ring (bicyclic) bond motifs is 1. The number of nitrogens with one attached hydrogen (secondary N) is 1. The number of thioether (sulfide) groups is 1. The van der Waals surface area contributed by atoms with E-state index in [2.05, 4.69) is 26.2 Å². The van der Waals surface area contributed by atoms with Crippen LogP contribution in [0.3, 0.4) is 0 Å². The van der Waals surface area contributed by atoms with Crippen LogP contribution in [0.5, 0.6) is 0 Å². The van der Waals surface area contributed by atoms with E-state index in [4.69, 9.17) is 11.6 Å². The largest absolute Gasteiger partial charge is 0.324 e. The Hall–Kier alpha value is -1.90. The number of nitrogens with zero attached hydrogens (tertiary/aromatic N) is 2. The molecule has 2 aromatic carbocycles. The zero-order valence-electron chi connectivity index (χ0n) is 15.0. The lowest BCUT2D eigenvalue weighted by atomic mass is 10.2. The molecule has 146 valence electrons. The van der Waals surface area contributed by atoms with Crippen molar-refractivity contribution in [3.8, 4) is 0 Å². The Balaban J connectivity index is 1.87. The topological polar surface area (TPSA) is 64.0 Å². The first kappa shape index (κ1) is 20.8. The summed E-state index contributed by atoms with van der Waals surface area (Å²) in [4.78, 5) is 29.9. The second-order valence-corrected chi connectivity index (χ2v) is 8.61. The average Bonchev–Trinajstić information content (AvgIpc) is 2.65. The summed E-state index contributed by atoms with van der Waals surface area (Å²) in [5.74, 6) is -0.810. The number of carbonyl (C=O) groups excluding carboxylic acids is 1. The molecule has 0 radical (unpaired) electrons. The molecule has 1 heterocycles. The van der Waals surface area contributed by atoms with Crippen LogP contribution in [0.4, 0.5) is 10.1 Å². The Morgan fingerprint density at radius 2 is 2.11 bits per heavy atom. The summed E-state index contributed by atoms with van der Waals surface area (Å²) in [6, 6.07) is 9.06. The molecule has 1 amide bonds. The van der Waals surface area contributed by atoms with E-state index in [1.807, 2.05) is 13.0 Å². The van der Waals surface area contributed by atoms with Gasteiger partial charge < -0.3 is 5.32 Å². The summed E-state index contributed by atoms with van der Waals surface area (Å²) >= 11 is 10.5. The van der Waals surface area contributed by atoms with Gasteiger partial charge in [0.15, 0.2) is 5.16 Å². The summed E-state index contributed by atoms with van der Waals surface area (Å²) < 4.78 is 15.5. The molecule has 0 aliphatic carbocycles. The fourth-order valence-electron chi connectivity index (χ4n) is 2.58. The maximum Gasteiger partial charge on any atom is 0.262 e. The van der Waals surface area contributed by atoms with Gasteiger partial charge in [-0.05, 0) is 50.2 Å². The summed E-state index contributed by atoms with van der Waals surface area (Å²) in [6.07, 6.45) is 0. The molecule has 5 nitrogen and oxygen atoms in total. The smallest absolute Gasteiger partial charge is 0.262 e. The number of rotatable bonds is 5. The van der Waals surface area contributed by atoms with E-state index < -0.39 is 11.1 Å². The highest BCUT2D eigenvalue weighted by Crippen LogP contribution is 2.27. The van der Waals surface area contributed by atoms with Crippen molar-refractivity contribution in [2.24, 2.45) is 0 Å². The van der Waals surface area contributed by atoms with Gasteiger partial charge >= 0.3 is 0 Å². The normalized spacial score (nSPS) is 12.2. The lowest BCUT2D eigenvalue weighted by molar-refractivity contribution is -0.115. The zero-order chi connectivity index (χ0) is 20.4. The van der Waals surface area contributed by atoms with Crippen LogP contribution in [-0.4, -0.2) is 20.7 Å². The molecule has 28 heavy (non-hydrogen) atoms. The molecular weight excluding hydrogens is 469 g/mol. The number of carbonyl (C=O) groups is 1. The highest BCUT2D eigenvalue weighted by atomic mass is 79.9. The number of amides is 1. The summed E-state index contributed by atoms with van der Waals surface area (Å²) in [6.45, 7) is 3.98. The molecule has 9 heteroatoms. The van der Waals surface area contributed by atoms with Crippen molar-refractivity contribution in [2.45, 2.75) is 30.8 Å². The third kappa shape index (κ3) is 4.39. The maximum atomic E-state index is 13.2. The molecule has 0 spiro atoms. The number of halogens is 3. The van der Waals surface area contributed by atoms with E-state index >= 15 is 0 Å². The van der Waals surface area contributed by atoms with Gasteiger partial charge in [0.2, 0.25) is 5.91 Å². The molecule has 3 rings (SSSR count). The Labute approximate surface area is 178 Å². The summed E-state index contributed by atoms with van der Waals surface area (Å²) in [7, 11) is 0. The van der Waals surface area contributed by atoms with E-state index in [0.29, 0.717) is 28.3 Å². The van der Waals surface area contributed by atoms with Gasteiger partial charge in [0.05, 0.1) is 26.9 Å². The Bertz CT molecular complexity index is 1120. The minimum Gasteiger partial charge on any atom is -0.324 e. The highest BCUT2D eigenvalue weighted by molar-refractivity contribution is 9.10. The van der Waals surface area contributed by atoms with Crippen molar-refractivity contribution in [2.75, 3.05) is 5.32 Å². The first-order chi connectivity index (χ1) is 13.3. The van der Waals surface area contributed by atoms with E-state index in [-0.39, 0.29) is 16.5 Å². The highest BCUT2D eigenvalue weighted by Gasteiger charge is 2.20. The lowest BCUT2D eigenvalue weighted by Gasteiger charge is -2.16. The van der Waals surface area contributed by atoms with E-state index in [1.54, 1.807) is 19.1 Å². The van der Waals surface area contributed by atoms with Gasteiger partial charge in [0, 0.05) is 11.0 Å². The standard InChI is InChI=1S/C19H16BrClFN3O2S/c1-3-25-18(27)13-8-11(20)4-6-15(13)24-19(25)28-10(2)17(26)23-16-7-5-12(22)9-14(16)21/h4-10H,3H2,1-2H3,(H,23,26). The number of hydrogen-bond donors (Lipinski definition) is 1. The van der Waals surface area contributed by atoms with Gasteiger partial charge in [-0.2, -0.15) is 0 Å². The molecule has 0 fully saturated rings. The molecule has 0 aliphatic rings. The van der Waals surface area contributed by atoms with Crippen LogP contribution in [0.2, 0.25) is 5.02 Å². The van der Waals surface area contributed by atoms with Gasteiger partial charge in [-0.3, -0.25) is 14.2 Å². The molecule has 0 saturated carbocycles. The van der Waals surface area contributed by atoms with Crippen LogP contribution in [0, 0.1) is 5.82 Å². The predicted octanol–water partition coefficient (Wildman–Crippen LogP) is 5.09. The molecule has 0 aliphatic heterocycles. The molecule has 1 N–H and O–H groups in total. The molecule has 1 aromatic heterocycles. The van der Waals surface area contributed by atoms with Crippen molar-refractivity contribution >= 4 is 61.8 Å². The number of benzene rings is 2. The van der Waals surface area contributed by atoms with E-state index in [0.717, 1.165) is 10.5 Å². The van der Waals surface area contributed by atoms with Gasteiger partial charge in [0.1, 0.15) is 5.82 Å². The van der Waals surface area contributed by atoms with E-state index in [9.17, 15) is 14.0 Å². The predicted molar refractivity (Wildman–Crippen MR) is 115 cm³/mol. The fourth-order valence-corrected chi connectivity index (χ4v) is 4.13. The quantitative estimate of drug-likeness (QED) is 0.405.